The molecular formula is C11H21N5. The van der Waals surface area contributed by atoms with Crippen molar-refractivity contribution in [3.63, 3.8) is 0 Å². The smallest absolute Gasteiger partial charge is 0.194 e. The molecule has 0 saturated carbocycles. The third-order valence-corrected chi connectivity index (χ3v) is 3.62. The van der Waals surface area contributed by atoms with Gasteiger partial charge in [-0.3, -0.25) is 0 Å². The van der Waals surface area contributed by atoms with Gasteiger partial charge < -0.3 is 22.1 Å². The Kier molecular flexibility index (Phi) is 3.16. The Hall–Kier alpha value is -1.07. The second kappa shape index (κ2) is 4.43. The summed E-state index contributed by atoms with van der Waals surface area (Å²) in [6, 6.07) is 0. The van der Waals surface area contributed by atoms with Crippen LogP contribution in [0.4, 0.5) is 0 Å². The van der Waals surface area contributed by atoms with E-state index in [1.165, 1.54) is 0 Å². The van der Waals surface area contributed by atoms with E-state index in [1.807, 2.05) is 6.08 Å². The summed E-state index contributed by atoms with van der Waals surface area (Å²) < 4.78 is 0. The van der Waals surface area contributed by atoms with E-state index in [-0.39, 0.29) is 0 Å². The van der Waals surface area contributed by atoms with Crippen LogP contribution in [0.25, 0.3) is 0 Å². The van der Waals surface area contributed by atoms with Gasteiger partial charge in [0, 0.05) is 12.1 Å². The number of piperidine rings is 1. The Morgan fingerprint density at radius 3 is 3.12 bits per heavy atom. The molecule has 1 fully saturated rings. The Morgan fingerprint density at radius 1 is 1.62 bits per heavy atom. The van der Waals surface area contributed by atoms with Crippen molar-refractivity contribution in [3.05, 3.63) is 12.3 Å². The van der Waals surface area contributed by atoms with E-state index in [2.05, 4.69) is 22.5 Å². The molecule has 0 aliphatic carbocycles. The molecule has 0 spiro atoms. The quantitative estimate of drug-likeness (QED) is 0.518. The van der Waals surface area contributed by atoms with Crippen LogP contribution in [0.1, 0.15) is 19.8 Å². The van der Waals surface area contributed by atoms with Crippen molar-refractivity contribution in [3.8, 4) is 0 Å². The highest BCUT2D eigenvalue weighted by molar-refractivity contribution is 5.80. The summed E-state index contributed by atoms with van der Waals surface area (Å²) in [7, 11) is 0. The lowest BCUT2D eigenvalue weighted by molar-refractivity contribution is 0.173. The number of aliphatic imine (C=N–C) groups is 1. The molecule has 2 aliphatic heterocycles. The molecule has 1 saturated heterocycles. The van der Waals surface area contributed by atoms with Gasteiger partial charge in [0.1, 0.15) is 5.66 Å². The van der Waals surface area contributed by atoms with E-state index in [9.17, 15) is 0 Å². The van der Waals surface area contributed by atoms with Gasteiger partial charge in [0.05, 0.1) is 0 Å². The van der Waals surface area contributed by atoms with Crippen molar-refractivity contribution in [1.82, 2.24) is 10.6 Å². The molecule has 5 nitrogen and oxygen atoms in total. The van der Waals surface area contributed by atoms with E-state index in [1.54, 1.807) is 6.20 Å². The predicted octanol–water partition coefficient (Wildman–Crippen LogP) is -0.291. The highest BCUT2D eigenvalue weighted by atomic mass is 15.2. The normalized spacial score (nSPS) is 39.0. The number of hydrogen-bond acceptors (Lipinski definition) is 5. The second-order valence-corrected chi connectivity index (χ2v) is 4.63. The minimum absolute atomic E-state index is 0.371. The van der Waals surface area contributed by atoms with Crippen LogP contribution in [0.2, 0.25) is 0 Å². The molecule has 5 heteroatoms. The van der Waals surface area contributed by atoms with Gasteiger partial charge in [-0.2, -0.15) is 0 Å². The predicted molar refractivity (Wildman–Crippen MR) is 65.6 cm³/mol. The monoisotopic (exact) mass is 223 g/mol. The summed E-state index contributed by atoms with van der Waals surface area (Å²) >= 11 is 0. The van der Waals surface area contributed by atoms with E-state index < -0.39 is 5.66 Å². The summed E-state index contributed by atoms with van der Waals surface area (Å²) in [5.41, 5.74) is 11.4. The lowest BCUT2D eigenvalue weighted by Gasteiger charge is -2.41. The van der Waals surface area contributed by atoms with Crippen LogP contribution in [0.15, 0.2) is 17.3 Å². The first kappa shape index (κ1) is 11.4. The maximum Gasteiger partial charge on any atom is 0.194 e. The fourth-order valence-corrected chi connectivity index (χ4v) is 2.71. The molecule has 0 aromatic heterocycles. The molecule has 3 atom stereocenters. The maximum atomic E-state index is 6.37. The fraction of sp³-hybridized carbons (Fsp3) is 0.727. The average Bonchev–Trinajstić information content (AvgIpc) is 2.29. The molecule has 0 aromatic rings. The SMILES string of the molecule is CCC1CNCCC1C1(N)C=CNC(N)=N1. The third kappa shape index (κ3) is 2.05. The lowest BCUT2D eigenvalue weighted by Crippen LogP contribution is -2.55. The van der Waals surface area contributed by atoms with Gasteiger partial charge in [0.2, 0.25) is 0 Å². The summed E-state index contributed by atoms with van der Waals surface area (Å²) in [5.74, 6) is 1.35. The zero-order valence-corrected chi connectivity index (χ0v) is 9.74. The first-order valence-corrected chi connectivity index (χ1v) is 5.95. The molecule has 2 heterocycles. The molecule has 16 heavy (non-hydrogen) atoms. The van der Waals surface area contributed by atoms with Crippen molar-refractivity contribution in [2.45, 2.75) is 25.4 Å². The van der Waals surface area contributed by atoms with Crippen LogP contribution in [0.3, 0.4) is 0 Å². The van der Waals surface area contributed by atoms with Gasteiger partial charge in [-0.1, -0.05) is 13.3 Å². The first-order chi connectivity index (χ1) is 7.65. The van der Waals surface area contributed by atoms with E-state index >= 15 is 0 Å². The zero-order valence-electron chi connectivity index (χ0n) is 9.74. The number of hydrogen-bond donors (Lipinski definition) is 4. The number of nitrogens with two attached hydrogens (primary N) is 2. The third-order valence-electron chi connectivity index (χ3n) is 3.62. The molecular weight excluding hydrogens is 202 g/mol. The highest BCUT2D eigenvalue weighted by Crippen LogP contribution is 2.33. The lowest BCUT2D eigenvalue weighted by atomic mass is 9.76. The van der Waals surface area contributed by atoms with E-state index in [0.29, 0.717) is 17.8 Å². The molecule has 6 N–H and O–H groups in total. The summed E-state index contributed by atoms with van der Waals surface area (Å²) in [4.78, 5) is 4.38. The highest BCUT2D eigenvalue weighted by Gasteiger charge is 2.39. The number of nitrogens with zero attached hydrogens (tertiary/aromatic N) is 1. The van der Waals surface area contributed by atoms with Crippen LogP contribution in [-0.2, 0) is 0 Å². The molecule has 0 radical (unpaired) electrons. The number of rotatable bonds is 2. The van der Waals surface area contributed by atoms with Crippen molar-refractivity contribution >= 4 is 5.96 Å². The Bertz CT molecular complexity index is 311. The molecule has 90 valence electrons. The molecule has 0 amide bonds. The standard InChI is InChI=1S/C11H21N5/c1-2-8-7-14-5-3-9(8)11(13)4-6-15-10(12)16-11/h4,6,8-9,14H,2-3,5,7,13H2,1H3,(H3,12,15,16). The Labute approximate surface area is 96.4 Å². The van der Waals surface area contributed by atoms with Gasteiger partial charge in [0.15, 0.2) is 5.96 Å². The maximum absolute atomic E-state index is 6.37. The van der Waals surface area contributed by atoms with Crippen LogP contribution >= 0.6 is 0 Å². The Morgan fingerprint density at radius 2 is 2.44 bits per heavy atom. The second-order valence-electron chi connectivity index (χ2n) is 4.63. The van der Waals surface area contributed by atoms with Gasteiger partial charge in [-0.05, 0) is 31.5 Å². The largest absolute Gasteiger partial charge is 0.370 e. The average molecular weight is 223 g/mol. The van der Waals surface area contributed by atoms with Crippen LogP contribution < -0.4 is 22.1 Å². The van der Waals surface area contributed by atoms with Crippen molar-refractivity contribution in [1.29, 1.82) is 0 Å². The van der Waals surface area contributed by atoms with Gasteiger partial charge in [-0.15, -0.1) is 0 Å². The summed E-state index contributed by atoms with van der Waals surface area (Å²) in [6.07, 6.45) is 5.91. The van der Waals surface area contributed by atoms with Crippen molar-refractivity contribution < 1.29 is 0 Å². The molecule has 0 aromatic carbocycles. The van der Waals surface area contributed by atoms with Gasteiger partial charge in [-0.25, -0.2) is 4.99 Å². The fourth-order valence-electron chi connectivity index (χ4n) is 2.71. The number of guanidine groups is 1. The summed E-state index contributed by atoms with van der Waals surface area (Å²) in [6.45, 7) is 4.24. The van der Waals surface area contributed by atoms with E-state index in [4.69, 9.17) is 11.5 Å². The molecule has 2 rings (SSSR count). The minimum Gasteiger partial charge on any atom is -0.370 e. The molecule has 3 unspecified atom stereocenters. The Balaban J connectivity index is 2.20. The summed E-state index contributed by atoms with van der Waals surface area (Å²) in [5, 5.41) is 6.27. The van der Waals surface area contributed by atoms with E-state index in [0.717, 1.165) is 25.9 Å². The van der Waals surface area contributed by atoms with Crippen LogP contribution in [-0.4, -0.2) is 24.7 Å². The van der Waals surface area contributed by atoms with Gasteiger partial charge >= 0.3 is 0 Å². The van der Waals surface area contributed by atoms with Crippen molar-refractivity contribution in [2.24, 2.45) is 28.3 Å². The zero-order chi connectivity index (χ0) is 11.6. The van der Waals surface area contributed by atoms with Gasteiger partial charge in [0.25, 0.3) is 0 Å². The van der Waals surface area contributed by atoms with Crippen LogP contribution in [0, 0.1) is 11.8 Å². The topological polar surface area (TPSA) is 88.5 Å². The first-order valence-electron chi connectivity index (χ1n) is 5.95. The van der Waals surface area contributed by atoms with Crippen LogP contribution in [0.5, 0.6) is 0 Å². The molecule has 0 bridgehead atoms. The number of nitrogens with one attached hydrogen (secondary N) is 2. The minimum atomic E-state index is -0.627. The molecule has 2 aliphatic rings. The van der Waals surface area contributed by atoms with Crippen molar-refractivity contribution in [2.75, 3.05) is 13.1 Å².